The molecule has 0 aromatic heterocycles. The second-order valence-corrected chi connectivity index (χ2v) is 4.21. The molecule has 1 heterocycles. The van der Waals surface area contributed by atoms with Crippen molar-refractivity contribution in [2.24, 2.45) is 0 Å². The molecular formula is C13H17NO3. The van der Waals surface area contributed by atoms with E-state index in [1.54, 1.807) is 11.9 Å². The van der Waals surface area contributed by atoms with Crippen LogP contribution in [0.4, 0.5) is 0 Å². The van der Waals surface area contributed by atoms with E-state index in [4.69, 9.17) is 9.84 Å². The largest absolute Gasteiger partial charge is 0.493 e. The van der Waals surface area contributed by atoms with Crippen molar-refractivity contribution in [3.8, 4) is 5.75 Å². The Balaban J connectivity index is 2.20. The Morgan fingerprint density at radius 3 is 3.06 bits per heavy atom. The van der Waals surface area contributed by atoms with Gasteiger partial charge < -0.3 is 14.7 Å². The molecule has 17 heavy (non-hydrogen) atoms. The molecule has 1 N–H and O–H groups in total. The third-order valence-corrected chi connectivity index (χ3v) is 3.07. The van der Waals surface area contributed by atoms with Crippen LogP contribution in [0.5, 0.6) is 5.75 Å². The molecule has 1 aliphatic heterocycles. The molecule has 0 fully saturated rings. The van der Waals surface area contributed by atoms with E-state index in [1.165, 1.54) is 0 Å². The first-order chi connectivity index (χ1) is 8.24. The zero-order valence-electron chi connectivity index (χ0n) is 9.93. The van der Waals surface area contributed by atoms with E-state index >= 15 is 0 Å². The van der Waals surface area contributed by atoms with Crippen LogP contribution < -0.4 is 4.74 Å². The van der Waals surface area contributed by atoms with E-state index in [-0.39, 0.29) is 18.4 Å². The van der Waals surface area contributed by atoms with Gasteiger partial charge >= 0.3 is 0 Å². The van der Waals surface area contributed by atoms with E-state index in [1.807, 2.05) is 24.3 Å². The van der Waals surface area contributed by atoms with Gasteiger partial charge in [-0.15, -0.1) is 0 Å². The number of ether oxygens (including phenoxy) is 1. The normalized spacial score (nSPS) is 18.1. The molecule has 1 aromatic carbocycles. The number of hydrogen-bond acceptors (Lipinski definition) is 3. The second-order valence-electron chi connectivity index (χ2n) is 4.21. The van der Waals surface area contributed by atoms with Gasteiger partial charge in [0.15, 0.2) is 0 Å². The maximum absolute atomic E-state index is 12.2. The average molecular weight is 235 g/mol. The number of carbonyl (C=O) groups is 1. The van der Waals surface area contributed by atoms with Crippen molar-refractivity contribution in [1.82, 2.24) is 4.90 Å². The van der Waals surface area contributed by atoms with E-state index in [0.717, 1.165) is 11.3 Å². The van der Waals surface area contributed by atoms with Crippen LogP contribution in [0, 0.1) is 0 Å². The molecule has 1 atom stereocenters. The summed E-state index contributed by atoms with van der Waals surface area (Å²) in [6, 6.07) is 7.65. The lowest BCUT2D eigenvalue weighted by molar-refractivity contribution is -0.132. The van der Waals surface area contributed by atoms with Gasteiger partial charge in [-0.3, -0.25) is 4.79 Å². The molecule has 1 unspecified atom stereocenters. The Morgan fingerprint density at radius 1 is 1.53 bits per heavy atom. The highest BCUT2D eigenvalue weighted by atomic mass is 16.5. The van der Waals surface area contributed by atoms with Crippen LogP contribution in [0.25, 0.3) is 0 Å². The number of benzene rings is 1. The van der Waals surface area contributed by atoms with E-state index in [2.05, 4.69) is 0 Å². The molecule has 1 amide bonds. The van der Waals surface area contributed by atoms with Crippen molar-refractivity contribution in [3.05, 3.63) is 29.8 Å². The fraction of sp³-hybridized carbons (Fsp3) is 0.462. The lowest BCUT2D eigenvalue weighted by atomic mass is 9.92. The van der Waals surface area contributed by atoms with Gasteiger partial charge in [-0.25, -0.2) is 0 Å². The van der Waals surface area contributed by atoms with Crippen LogP contribution in [0.15, 0.2) is 24.3 Å². The van der Waals surface area contributed by atoms with E-state index < -0.39 is 0 Å². The number of amides is 1. The van der Waals surface area contributed by atoms with Crippen LogP contribution >= 0.6 is 0 Å². The van der Waals surface area contributed by atoms with Crippen molar-refractivity contribution < 1.29 is 14.6 Å². The number of aliphatic hydroxyl groups is 1. The topological polar surface area (TPSA) is 49.8 Å². The lowest BCUT2D eigenvalue weighted by Gasteiger charge is -2.28. The number of nitrogens with zero attached hydrogens (tertiary/aromatic N) is 1. The lowest BCUT2D eigenvalue weighted by Crippen LogP contribution is -2.35. The predicted molar refractivity (Wildman–Crippen MR) is 64.0 cm³/mol. The third kappa shape index (κ3) is 2.42. The highest BCUT2D eigenvalue weighted by Gasteiger charge is 2.29. The van der Waals surface area contributed by atoms with Gasteiger partial charge in [0, 0.05) is 19.2 Å². The minimum Gasteiger partial charge on any atom is -0.493 e. The summed E-state index contributed by atoms with van der Waals surface area (Å²) >= 11 is 0. The van der Waals surface area contributed by atoms with Crippen LogP contribution in [0.2, 0.25) is 0 Å². The van der Waals surface area contributed by atoms with Gasteiger partial charge in [-0.1, -0.05) is 18.2 Å². The molecule has 0 radical (unpaired) electrons. The first-order valence-electron chi connectivity index (χ1n) is 5.81. The molecular weight excluding hydrogens is 218 g/mol. The maximum atomic E-state index is 12.2. The molecule has 92 valence electrons. The quantitative estimate of drug-likeness (QED) is 0.850. The molecule has 2 rings (SSSR count). The van der Waals surface area contributed by atoms with Crippen LogP contribution in [-0.4, -0.2) is 42.7 Å². The number of para-hydroxylation sites is 1. The minimum absolute atomic E-state index is 0.00684. The molecule has 4 heteroatoms. The number of rotatable bonds is 3. The molecule has 0 bridgehead atoms. The smallest absolute Gasteiger partial charge is 0.230 e. The van der Waals surface area contributed by atoms with Gasteiger partial charge in [0.1, 0.15) is 5.75 Å². The second kappa shape index (κ2) is 5.19. The van der Waals surface area contributed by atoms with Gasteiger partial charge in [0.25, 0.3) is 0 Å². The van der Waals surface area contributed by atoms with Crippen LogP contribution in [0.1, 0.15) is 17.9 Å². The number of carbonyl (C=O) groups excluding carboxylic acids is 1. The van der Waals surface area contributed by atoms with Crippen LogP contribution in [0.3, 0.4) is 0 Å². The zero-order valence-corrected chi connectivity index (χ0v) is 9.93. The SMILES string of the molecule is CN(CCO)C(=O)C1CCOc2ccccc21. The summed E-state index contributed by atoms with van der Waals surface area (Å²) in [6.07, 6.45) is 0.700. The number of hydrogen-bond donors (Lipinski definition) is 1. The fourth-order valence-corrected chi connectivity index (χ4v) is 2.12. The average Bonchev–Trinajstić information content (AvgIpc) is 2.37. The minimum atomic E-state index is -0.142. The zero-order chi connectivity index (χ0) is 12.3. The Kier molecular flexibility index (Phi) is 3.64. The summed E-state index contributed by atoms with van der Waals surface area (Å²) < 4.78 is 5.52. The highest BCUT2D eigenvalue weighted by Crippen LogP contribution is 2.34. The molecule has 1 aromatic rings. The molecule has 0 saturated carbocycles. The first-order valence-corrected chi connectivity index (χ1v) is 5.81. The Hall–Kier alpha value is -1.55. The van der Waals surface area contributed by atoms with Crippen molar-refractivity contribution in [1.29, 1.82) is 0 Å². The molecule has 1 aliphatic rings. The molecule has 0 spiro atoms. The number of aliphatic hydroxyl groups excluding tert-OH is 1. The summed E-state index contributed by atoms with van der Waals surface area (Å²) in [4.78, 5) is 13.8. The van der Waals surface area contributed by atoms with E-state index in [0.29, 0.717) is 19.6 Å². The summed E-state index contributed by atoms with van der Waals surface area (Å²) in [5.74, 6) is 0.709. The summed E-state index contributed by atoms with van der Waals surface area (Å²) in [5.41, 5.74) is 0.952. The highest BCUT2D eigenvalue weighted by molar-refractivity contribution is 5.84. The van der Waals surface area contributed by atoms with Gasteiger partial charge in [-0.2, -0.15) is 0 Å². The number of fused-ring (bicyclic) bond motifs is 1. The summed E-state index contributed by atoms with van der Waals surface area (Å²) in [7, 11) is 1.72. The van der Waals surface area contributed by atoms with Crippen molar-refractivity contribution in [2.75, 3.05) is 26.8 Å². The standard InChI is InChI=1S/C13H17NO3/c1-14(7-8-15)13(16)11-6-9-17-12-5-3-2-4-10(11)12/h2-5,11,15H,6-9H2,1H3. The van der Waals surface area contributed by atoms with Crippen LogP contribution in [-0.2, 0) is 4.79 Å². The monoisotopic (exact) mass is 235 g/mol. The molecule has 4 nitrogen and oxygen atoms in total. The summed E-state index contributed by atoms with van der Waals surface area (Å²) in [6.45, 7) is 0.936. The van der Waals surface area contributed by atoms with Crippen molar-refractivity contribution in [3.63, 3.8) is 0 Å². The summed E-state index contributed by atoms with van der Waals surface area (Å²) in [5, 5.41) is 8.86. The maximum Gasteiger partial charge on any atom is 0.230 e. The van der Waals surface area contributed by atoms with Gasteiger partial charge in [0.2, 0.25) is 5.91 Å². The van der Waals surface area contributed by atoms with Gasteiger partial charge in [0.05, 0.1) is 19.1 Å². The Bertz CT molecular complexity index is 405. The molecule has 0 saturated heterocycles. The third-order valence-electron chi connectivity index (χ3n) is 3.07. The first kappa shape index (κ1) is 11.9. The number of likely N-dealkylation sites (N-methyl/N-ethyl adjacent to an activating group) is 1. The fourth-order valence-electron chi connectivity index (χ4n) is 2.12. The predicted octanol–water partition coefficient (Wildman–Crippen LogP) is 1.00. The van der Waals surface area contributed by atoms with Crippen molar-refractivity contribution >= 4 is 5.91 Å². The Labute approximate surface area is 101 Å². The van der Waals surface area contributed by atoms with Crippen molar-refractivity contribution in [2.45, 2.75) is 12.3 Å². The Morgan fingerprint density at radius 2 is 2.29 bits per heavy atom. The molecule has 0 aliphatic carbocycles. The van der Waals surface area contributed by atoms with E-state index in [9.17, 15) is 4.79 Å². The van der Waals surface area contributed by atoms with Gasteiger partial charge in [-0.05, 0) is 12.5 Å².